The Balaban J connectivity index is 1.72. The molecule has 3 aromatic rings. The van der Waals surface area contributed by atoms with Gasteiger partial charge in [0.25, 0.3) is 10.0 Å². The van der Waals surface area contributed by atoms with Gasteiger partial charge in [-0.3, -0.25) is 0 Å². The van der Waals surface area contributed by atoms with Gasteiger partial charge in [-0.2, -0.15) is 28.8 Å². The molecular weight excluding hydrogens is 486 g/mol. The Morgan fingerprint density at radius 2 is 1.80 bits per heavy atom. The average molecular weight is 518 g/mol. The zero-order chi connectivity index (χ0) is 25.6. The predicted molar refractivity (Wildman–Crippen MR) is 136 cm³/mol. The van der Waals surface area contributed by atoms with Gasteiger partial charge in [0.05, 0.1) is 18.8 Å². The van der Waals surface area contributed by atoms with Gasteiger partial charge in [-0.05, 0) is 23.3 Å². The molecule has 0 saturated heterocycles. The molecule has 0 saturated carbocycles. The minimum Gasteiger partial charge on any atom is -0.467 e. The van der Waals surface area contributed by atoms with E-state index in [1.54, 1.807) is 18.2 Å². The quantitative estimate of drug-likeness (QED) is 0.323. The Labute approximate surface area is 206 Å². The van der Waals surface area contributed by atoms with Crippen LogP contribution in [0.2, 0.25) is 25.7 Å². The third-order valence-electron chi connectivity index (χ3n) is 5.40. The number of alkyl carbamates (subject to hydrolysis) is 1. The highest BCUT2D eigenvalue weighted by atomic mass is 32.2. The highest BCUT2D eigenvalue weighted by Gasteiger charge is 2.24. The summed E-state index contributed by atoms with van der Waals surface area (Å²) >= 11 is 0. The highest BCUT2D eigenvalue weighted by molar-refractivity contribution is 7.90. The van der Waals surface area contributed by atoms with Gasteiger partial charge in [-0.1, -0.05) is 36.4 Å². The van der Waals surface area contributed by atoms with Crippen LogP contribution in [0, 0.1) is 0 Å². The number of amides is 1. The van der Waals surface area contributed by atoms with Crippen molar-refractivity contribution < 1.29 is 27.5 Å². The topological polar surface area (TPSA) is 117 Å². The second-order valence-electron chi connectivity index (χ2n) is 9.49. The summed E-state index contributed by atoms with van der Waals surface area (Å²) in [7, 11) is -3.88. The zero-order valence-electron chi connectivity index (χ0n) is 20.4. The Morgan fingerprint density at radius 1 is 1.09 bits per heavy atom. The van der Waals surface area contributed by atoms with Crippen LogP contribution in [0.25, 0.3) is 10.9 Å². The first-order chi connectivity index (χ1) is 16.5. The van der Waals surface area contributed by atoms with Gasteiger partial charge in [0.2, 0.25) is 0 Å². The van der Waals surface area contributed by atoms with E-state index in [1.807, 2.05) is 30.3 Å². The number of nitrogens with zero attached hydrogens (tertiary/aromatic N) is 2. The van der Waals surface area contributed by atoms with Crippen LogP contribution in [0.4, 0.5) is 4.79 Å². The number of ether oxygens (including phenoxy) is 2. The fraction of sp³-hybridized carbons (Fsp3) is 0.375. The molecule has 1 N–H and O–H groups in total. The number of rotatable bonds is 10. The fourth-order valence-corrected chi connectivity index (χ4v) is 7.72. The summed E-state index contributed by atoms with van der Waals surface area (Å²) in [6, 6.07) is 14.0. The molecule has 189 valence electrons. The SMILES string of the molecule is COC(=O)C(Cc1ccc2c(cnn2S(=O)(=O)CC[Si-](C)(C)C)c1)NC(=O)OCc1ccccc1. The van der Waals surface area contributed by atoms with Crippen LogP contribution in [0.3, 0.4) is 0 Å². The molecule has 0 aliphatic heterocycles. The second kappa shape index (κ2) is 11.0. The molecule has 0 spiro atoms. The van der Waals surface area contributed by atoms with Gasteiger partial charge in [0, 0.05) is 17.6 Å². The van der Waals surface area contributed by atoms with E-state index in [2.05, 4.69) is 30.1 Å². The summed E-state index contributed by atoms with van der Waals surface area (Å²) in [5, 5.41) is 7.27. The van der Waals surface area contributed by atoms with E-state index < -0.39 is 36.2 Å². The van der Waals surface area contributed by atoms with E-state index in [-0.39, 0.29) is 18.8 Å². The molecule has 1 unspecified atom stereocenters. The molecule has 1 aromatic heterocycles. The predicted octanol–water partition coefficient (Wildman–Crippen LogP) is 3.56. The van der Waals surface area contributed by atoms with Crippen molar-refractivity contribution in [3.8, 4) is 0 Å². The summed E-state index contributed by atoms with van der Waals surface area (Å²) in [5.74, 6) is -0.577. The standard InChI is InChI=1S/C24H31N3O6SSi/c1-32-23(28)21(26-24(29)33-17-18-8-6-5-7-9-18)15-19-10-11-22-20(14-19)16-25-27(22)34(30,31)12-13-35(2,3)4/h5-11,14,16,21H,12-13,15,17H2,1-4H3,(H,26,29)/q-1. The summed E-state index contributed by atoms with van der Waals surface area (Å²) in [6.07, 6.45) is 0.877. The first kappa shape index (κ1) is 26.4. The molecule has 1 amide bonds. The minimum absolute atomic E-state index is 0.0423. The van der Waals surface area contributed by atoms with Crippen LogP contribution in [0.15, 0.2) is 54.7 Å². The van der Waals surface area contributed by atoms with Gasteiger partial charge >= 0.3 is 12.1 Å². The van der Waals surface area contributed by atoms with Gasteiger partial charge in [0.1, 0.15) is 12.6 Å². The number of nitrogens with one attached hydrogen (secondary N) is 1. The van der Waals surface area contributed by atoms with Crippen LogP contribution in [-0.2, 0) is 37.3 Å². The van der Waals surface area contributed by atoms with Crippen LogP contribution >= 0.6 is 0 Å². The summed E-state index contributed by atoms with van der Waals surface area (Å²) in [5.41, 5.74) is 1.99. The fourth-order valence-electron chi connectivity index (χ4n) is 3.41. The van der Waals surface area contributed by atoms with Crippen LogP contribution in [0.5, 0.6) is 0 Å². The van der Waals surface area contributed by atoms with Gasteiger partial charge in [-0.15, -0.1) is 14.1 Å². The second-order valence-corrected chi connectivity index (χ2v) is 17.0. The molecule has 0 fully saturated rings. The maximum Gasteiger partial charge on any atom is 0.408 e. The van der Waals surface area contributed by atoms with Crippen molar-refractivity contribution in [2.75, 3.05) is 12.9 Å². The number of hydrogen-bond acceptors (Lipinski definition) is 7. The first-order valence-corrected chi connectivity index (χ1v) is 16.5. The number of methoxy groups -OCH3 is 1. The molecule has 2 aromatic carbocycles. The van der Waals surface area contributed by atoms with Crippen LogP contribution in [-0.4, -0.2) is 56.6 Å². The van der Waals surface area contributed by atoms with Gasteiger partial charge in [0.15, 0.2) is 0 Å². The van der Waals surface area contributed by atoms with E-state index >= 15 is 0 Å². The van der Waals surface area contributed by atoms with Crippen molar-refractivity contribution in [2.45, 2.75) is 44.8 Å². The van der Waals surface area contributed by atoms with Crippen molar-refractivity contribution in [3.63, 3.8) is 0 Å². The number of benzene rings is 2. The normalized spacial score (nSPS) is 12.8. The van der Waals surface area contributed by atoms with E-state index in [9.17, 15) is 18.0 Å². The lowest BCUT2D eigenvalue weighted by atomic mass is 10.0. The Kier molecular flexibility index (Phi) is 8.33. The van der Waals surface area contributed by atoms with Crippen LogP contribution < -0.4 is 5.32 Å². The van der Waals surface area contributed by atoms with Crippen molar-refractivity contribution in [2.24, 2.45) is 0 Å². The summed E-state index contributed by atoms with van der Waals surface area (Å²) in [4.78, 5) is 24.6. The number of carbonyl (C=O) groups is 2. The molecule has 1 atom stereocenters. The van der Waals surface area contributed by atoms with Crippen molar-refractivity contribution in [1.29, 1.82) is 0 Å². The third kappa shape index (κ3) is 7.40. The number of fused-ring (bicyclic) bond motifs is 1. The van der Waals surface area contributed by atoms with E-state index in [0.717, 1.165) is 9.65 Å². The first-order valence-electron chi connectivity index (χ1n) is 11.2. The maximum absolute atomic E-state index is 12.8. The minimum atomic E-state index is -3.58. The number of aromatic nitrogens is 2. The zero-order valence-corrected chi connectivity index (χ0v) is 22.2. The molecule has 0 bridgehead atoms. The molecule has 1 heterocycles. The molecule has 11 heteroatoms. The molecule has 0 aliphatic rings. The van der Waals surface area contributed by atoms with Gasteiger partial charge < -0.3 is 14.8 Å². The number of esters is 1. The molecule has 35 heavy (non-hydrogen) atoms. The van der Waals surface area contributed by atoms with E-state index in [1.165, 1.54) is 13.3 Å². The smallest absolute Gasteiger partial charge is 0.408 e. The highest BCUT2D eigenvalue weighted by Crippen LogP contribution is 2.20. The Bertz CT molecular complexity index is 1290. The molecule has 9 nitrogen and oxygen atoms in total. The largest absolute Gasteiger partial charge is 0.467 e. The molecule has 3 rings (SSSR count). The summed E-state index contributed by atoms with van der Waals surface area (Å²) < 4.78 is 36.8. The van der Waals surface area contributed by atoms with Crippen molar-refractivity contribution in [3.05, 3.63) is 65.9 Å². The van der Waals surface area contributed by atoms with Gasteiger partial charge in [-0.25, -0.2) is 18.0 Å². The monoisotopic (exact) mass is 517 g/mol. The van der Waals surface area contributed by atoms with Crippen molar-refractivity contribution >= 4 is 41.1 Å². The lowest BCUT2D eigenvalue weighted by Gasteiger charge is -2.26. The molecule has 0 aliphatic carbocycles. The average Bonchev–Trinajstić information content (AvgIpc) is 3.25. The lowest BCUT2D eigenvalue weighted by Crippen LogP contribution is -2.43. The van der Waals surface area contributed by atoms with E-state index in [4.69, 9.17) is 9.47 Å². The Hall–Kier alpha value is -3.18. The lowest BCUT2D eigenvalue weighted by molar-refractivity contribution is -0.143. The number of carbonyl (C=O) groups excluding carboxylic acids is 2. The number of hydrogen-bond donors (Lipinski definition) is 1. The Morgan fingerprint density at radius 3 is 2.46 bits per heavy atom. The van der Waals surface area contributed by atoms with E-state index in [0.29, 0.717) is 22.5 Å². The molecule has 0 radical (unpaired) electrons. The third-order valence-corrected chi connectivity index (χ3v) is 9.05. The van der Waals surface area contributed by atoms with Crippen LogP contribution in [0.1, 0.15) is 11.1 Å². The van der Waals surface area contributed by atoms with Crippen molar-refractivity contribution in [1.82, 2.24) is 14.5 Å². The summed E-state index contributed by atoms with van der Waals surface area (Å²) in [6.45, 7) is 6.44. The molecular formula is C24H31N3O6SSi-. The maximum atomic E-state index is 12.8.